The SMILES string of the molecule is CN=C(NCC(c1ccc(Cl)cc1)n1cccn1)NC(C)CCS(C)(=O)=O. The number of nitrogens with one attached hydrogen (secondary N) is 2. The highest BCUT2D eigenvalue weighted by atomic mass is 35.5. The number of rotatable bonds is 8. The van der Waals surface area contributed by atoms with Gasteiger partial charge in [0.2, 0.25) is 0 Å². The van der Waals surface area contributed by atoms with Crippen molar-refractivity contribution in [1.29, 1.82) is 0 Å². The van der Waals surface area contributed by atoms with Gasteiger partial charge in [0.1, 0.15) is 9.84 Å². The first kappa shape index (κ1) is 21.2. The quantitative estimate of drug-likeness (QED) is 0.513. The first-order valence-corrected chi connectivity index (χ1v) is 11.1. The molecule has 2 atom stereocenters. The lowest BCUT2D eigenvalue weighted by molar-refractivity contribution is 0.507. The van der Waals surface area contributed by atoms with E-state index in [-0.39, 0.29) is 17.8 Å². The minimum Gasteiger partial charge on any atom is -0.354 e. The Bertz CT molecular complexity index is 835. The molecule has 2 N–H and O–H groups in total. The standard InChI is InChI=1S/C18H26ClN5O2S/c1-14(9-12-27(3,25)26)23-18(20-2)21-13-17(24-11-4-10-22-24)15-5-7-16(19)8-6-15/h4-8,10-11,14,17H,9,12-13H2,1-3H3,(H2,20,21,23). The van der Waals surface area contributed by atoms with E-state index >= 15 is 0 Å². The van der Waals surface area contributed by atoms with Crippen LogP contribution in [0.4, 0.5) is 0 Å². The molecule has 148 valence electrons. The van der Waals surface area contributed by atoms with Crippen LogP contribution in [0.2, 0.25) is 5.02 Å². The van der Waals surface area contributed by atoms with Gasteiger partial charge in [-0.1, -0.05) is 23.7 Å². The van der Waals surface area contributed by atoms with Crippen LogP contribution in [-0.2, 0) is 9.84 Å². The highest BCUT2D eigenvalue weighted by Crippen LogP contribution is 2.19. The molecule has 0 aliphatic rings. The van der Waals surface area contributed by atoms with Gasteiger partial charge in [0.25, 0.3) is 0 Å². The number of hydrogen-bond acceptors (Lipinski definition) is 4. The molecule has 2 aromatic rings. The van der Waals surface area contributed by atoms with E-state index in [0.29, 0.717) is 23.9 Å². The number of aromatic nitrogens is 2. The Labute approximate surface area is 165 Å². The van der Waals surface area contributed by atoms with E-state index in [2.05, 4.69) is 20.7 Å². The molecular formula is C18H26ClN5O2S. The maximum absolute atomic E-state index is 11.3. The molecule has 0 spiro atoms. The van der Waals surface area contributed by atoms with Gasteiger partial charge in [-0.05, 0) is 37.1 Å². The molecule has 9 heteroatoms. The van der Waals surface area contributed by atoms with Crippen LogP contribution in [0.5, 0.6) is 0 Å². The molecule has 2 rings (SSSR count). The summed E-state index contributed by atoms with van der Waals surface area (Å²) >= 11 is 6.00. The second-order valence-corrected chi connectivity index (χ2v) is 9.17. The van der Waals surface area contributed by atoms with Gasteiger partial charge in [0, 0.05) is 43.3 Å². The van der Waals surface area contributed by atoms with Gasteiger partial charge in [-0.25, -0.2) is 8.42 Å². The molecule has 7 nitrogen and oxygen atoms in total. The van der Waals surface area contributed by atoms with Crippen LogP contribution in [0, 0.1) is 0 Å². The summed E-state index contributed by atoms with van der Waals surface area (Å²) < 4.78 is 24.5. The fraction of sp³-hybridized carbons (Fsp3) is 0.444. The van der Waals surface area contributed by atoms with Crippen LogP contribution in [0.3, 0.4) is 0 Å². The third-order valence-corrected chi connectivity index (χ3v) is 5.32. The summed E-state index contributed by atoms with van der Waals surface area (Å²) in [6, 6.07) is 9.47. The first-order chi connectivity index (χ1) is 12.8. The Hall–Kier alpha value is -2.06. The van der Waals surface area contributed by atoms with Crippen LogP contribution in [0.25, 0.3) is 0 Å². The number of hydrogen-bond donors (Lipinski definition) is 2. The Morgan fingerprint density at radius 1 is 1.33 bits per heavy atom. The highest BCUT2D eigenvalue weighted by molar-refractivity contribution is 7.90. The van der Waals surface area contributed by atoms with Gasteiger partial charge < -0.3 is 10.6 Å². The Balaban J connectivity index is 2.01. The first-order valence-electron chi connectivity index (χ1n) is 8.68. The number of benzene rings is 1. The molecule has 0 radical (unpaired) electrons. The molecule has 0 bridgehead atoms. The molecule has 0 aliphatic heterocycles. The predicted octanol–water partition coefficient (Wildman–Crippen LogP) is 2.11. The van der Waals surface area contributed by atoms with Crippen molar-refractivity contribution in [2.45, 2.75) is 25.4 Å². The second kappa shape index (κ2) is 9.75. The number of halogens is 1. The smallest absolute Gasteiger partial charge is 0.191 e. The summed E-state index contributed by atoms with van der Waals surface area (Å²) in [5.41, 5.74) is 1.07. The lowest BCUT2D eigenvalue weighted by atomic mass is 10.1. The summed E-state index contributed by atoms with van der Waals surface area (Å²) in [7, 11) is -1.29. The van der Waals surface area contributed by atoms with Crippen molar-refractivity contribution in [3.05, 3.63) is 53.3 Å². The number of nitrogens with zero attached hydrogens (tertiary/aromatic N) is 3. The van der Waals surface area contributed by atoms with Gasteiger partial charge in [0.05, 0.1) is 11.8 Å². The molecule has 1 aromatic carbocycles. The Morgan fingerprint density at radius 3 is 2.59 bits per heavy atom. The van der Waals surface area contributed by atoms with Crippen molar-refractivity contribution in [2.75, 3.05) is 25.6 Å². The van der Waals surface area contributed by atoms with Crippen LogP contribution < -0.4 is 10.6 Å². The number of aliphatic imine (C=N–C) groups is 1. The molecule has 0 amide bonds. The minimum absolute atomic E-state index is 0.0235. The van der Waals surface area contributed by atoms with E-state index in [4.69, 9.17) is 11.6 Å². The van der Waals surface area contributed by atoms with Crippen molar-refractivity contribution in [3.8, 4) is 0 Å². The summed E-state index contributed by atoms with van der Waals surface area (Å²) in [5, 5.41) is 11.6. The maximum atomic E-state index is 11.3. The lowest BCUT2D eigenvalue weighted by Crippen LogP contribution is -2.44. The van der Waals surface area contributed by atoms with Gasteiger partial charge >= 0.3 is 0 Å². The minimum atomic E-state index is -2.98. The zero-order valence-corrected chi connectivity index (χ0v) is 17.3. The average molecular weight is 412 g/mol. The maximum Gasteiger partial charge on any atom is 0.191 e. The Kier molecular flexibility index (Phi) is 7.67. The third-order valence-electron chi connectivity index (χ3n) is 4.09. The van der Waals surface area contributed by atoms with E-state index in [1.54, 1.807) is 13.2 Å². The molecule has 0 aliphatic carbocycles. The molecular weight excluding hydrogens is 386 g/mol. The molecule has 27 heavy (non-hydrogen) atoms. The summed E-state index contributed by atoms with van der Waals surface area (Å²) in [5.74, 6) is 0.751. The van der Waals surface area contributed by atoms with E-state index < -0.39 is 9.84 Å². The van der Waals surface area contributed by atoms with Crippen LogP contribution in [0.1, 0.15) is 24.9 Å². The second-order valence-electron chi connectivity index (χ2n) is 6.47. The van der Waals surface area contributed by atoms with E-state index in [1.165, 1.54) is 6.26 Å². The number of guanidine groups is 1. The monoisotopic (exact) mass is 411 g/mol. The predicted molar refractivity (Wildman–Crippen MR) is 110 cm³/mol. The van der Waals surface area contributed by atoms with Gasteiger partial charge in [-0.3, -0.25) is 9.67 Å². The van der Waals surface area contributed by atoms with Gasteiger partial charge in [0.15, 0.2) is 5.96 Å². The van der Waals surface area contributed by atoms with Crippen LogP contribution in [-0.4, -0.2) is 55.8 Å². The van der Waals surface area contributed by atoms with E-state index in [0.717, 1.165) is 5.56 Å². The summed E-state index contributed by atoms with van der Waals surface area (Å²) in [6.07, 6.45) is 5.40. The van der Waals surface area contributed by atoms with Gasteiger partial charge in [-0.2, -0.15) is 5.10 Å². The molecule has 0 fully saturated rings. The van der Waals surface area contributed by atoms with Crippen molar-refractivity contribution in [3.63, 3.8) is 0 Å². The zero-order valence-electron chi connectivity index (χ0n) is 15.8. The fourth-order valence-electron chi connectivity index (χ4n) is 2.60. The average Bonchev–Trinajstić information content (AvgIpc) is 3.14. The topological polar surface area (TPSA) is 88.4 Å². The van der Waals surface area contributed by atoms with Crippen molar-refractivity contribution in [1.82, 2.24) is 20.4 Å². The number of sulfone groups is 1. The Morgan fingerprint density at radius 2 is 2.04 bits per heavy atom. The highest BCUT2D eigenvalue weighted by Gasteiger charge is 2.16. The fourth-order valence-corrected chi connectivity index (χ4v) is 3.51. The van der Waals surface area contributed by atoms with Crippen LogP contribution in [0.15, 0.2) is 47.7 Å². The lowest BCUT2D eigenvalue weighted by Gasteiger charge is -2.22. The van der Waals surface area contributed by atoms with Crippen LogP contribution >= 0.6 is 11.6 Å². The summed E-state index contributed by atoms with van der Waals surface area (Å²) in [6.45, 7) is 2.49. The molecule has 0 saturated heterocycles. The largest absolute Gasteiger partial charge is 0.354 e. The van der Waals surface area contributed by atoms with Crippen molar-refractivity contribution >= 4 is 27.4 Å². The molecule has 0 saturated carbocycles. The van der Waals surface area contributed by atoms with Crippen molar-refractivity contribution in [2.24, 2.45) is 4.99 Å². The van der Waals surface area contributed by atoms with Gasteiger partial charge in [-0.15, -0.1) is 0 Å². The van der Waals surface area contributed by atoms with E-state index in [9.17, 15) is 8.42 Å². The zero-order chi connectivity index (χ0) is 19.9. The molecule has 1 aromatic heterocycles. The molecule has 1 heterocycles. The van der Waals surface area contributed by atoms with E-state index in [1.807, 2.05) is 48.1 Å². The van der Waals surface area contributed by atoms with Crippen molar-refractivity contribution < 1.29 is 8.42 Å². The molecule has 2 unspecified atom stereocenters. The third kappa shape index (κ3) is 7.22. The normalized spacial score (nSPS) is 14.6. The summed E-state index contributed by atoms with van der Waals surface area (Å²) in [4.78, 5) is 4.23.